The number of rotatable bonds is 2. The van der Waals surface area contributed by atoms with Crippen molar-refractivity contribution in [2.45, 2.75) is 32.4 Å². The molecule has 1 aliphatic rings. The molecule has 0 unspecified atom stereocenters. The molecule has 82 valence electrons. The minimum atomic E-state index is 0.0130. The monoisotopic (exact) mass is 227 g/mol. The van der Waals surface area contributed by atoms with Crippen molar-refractivity contribution in [1.82, 2.24) is 14.9 Å². The largest absolute Gasteiger partial charge is 0.315 e. The molecule has 0 radical (unpaired) electrons. The van der Waals surface area contributed by atoms with Crippen molar-refractivity contribution in [3.63, 3.8) is 0 Å². The van der Waals surface area contributed by atoms with E-state index in [9.17, 15) is 4.79 Å². The Morgan fingerprint density at radius 3 is 3.07 bits per heavy atom. The highest BCUT2D eigenvalue weighted by atomic mass is 35.5. The zero-order chi connectivity index (χ0) is 10.8. The van der Waals surface area contributed by atoms with Crippen LogP contribution in [0.4, 0.5) is 0 Å². The first-order chi connectivity index (χ1) is 7.24. The van der Waals surface area contributed by atoms with Crippen LogP contribution >= 0.6 is 11.6 Å². The summed E-state index contributed by atoms with van der Waals surface area (Å²) in [5.41, 5.74) is 0.587. The van der Waals surface area contributed by atoms with Crippen molar-refractivity contribution in [2.75, 3.05) is 7.05 Å². The lowest BCUT2D eigenvalue weighted by molar-refractivity contribution is 0.491. The summed E-state index contributed by atoms with van der Waals surface area (Å²) in [7, 11) is 1.79. The van der Waals surface area contributed by atoms with E-state index >= 15 is 0 Å². The predicted molar refractivity (Wildman–Crippen MR) is 59.2 cm³/mol. The third-order valence-electron chi connectivity index (χ3n) is 2.68. The molecule has 0 aromatic carbocycles. The standard InChI is InChI=1S/C10H14ClN3O/c1-12-6-7-9(11)13-8-4-2-3-5-14(8)10(7)15/h12H,2-6H2,1H3. The predicted octanol–water partition coefficient (Wildman–Crippen LogP) is 0.952. The Labute approximate surface area is 93.3 Å². The molecule has 0 aliphatic carbocycles. The van der Waals surface area contributed by atoms with Crippen LogP contribution in [0.25, 0.3) is 0 Å². The lowest BCUT2D eigenvalue weighted by Gasteiger charge is -2.18. The first kappa shape index (κ1) is 10.6. The summed E-state index contributed by atoms with van der Waals surface area (Å²) in [6, 6.07) is 0. The van der Waals surface area contributed by atoms with Crippen LogP contribution in [0.15, 0.2) is 4.79 Å². The van der Waals surface area contributed by atoms with Gasteiger partial charge in [-0.25, -0.2) is 4.98 Å². The topological polar surface area (TPSA) is 46.9 Å². The highest BCUT2D eigenvalue weighted by Gasteiger charge is 2.17. The molecule has 1 N–H and O–H groups in total. The molecule has 0 amide bonds. The maximum Gasteiger partial charge on any atom is 0.259 e. The van der Waals surface area contributed by atoms with Gasteiger partial charge < -0.3 is 5.32 Å². The number of hydrogen-bond donors (Lipinski definition) is 1. The Hall–Kier alpha value is -0.870. The Morgan fingerprint density at radius 1 is 1.53 bits per heavy atom. The molecule has 1 aliphatic heterocycles. The molecule has 15 heavy (non-hydrogen) atoms. The molecule has 0 fully saturated rings. The lowest BCUT2D eigenvalue weighted by Crippen LogP contribution is -2.32. The van der Waals surface area contributed by atoms with E-state index in [1.165, 1.54) is 0 Å². The number of hydrogen-bond acceptors (Lipinski definition) is 3. The quantitative estimate of drug-likeness (QED) is 0.766. The molecule has 0 atom stereocenters. The molecular weight excluding hydrogens is 214 g/mol. The fraction of sp³-hybridized carbons (Fsp3) is 0.600. The van der Waals surface area contributed by atoms with Gasteiger partial charge in [-0.3, -0.25) is 9.36 Å². The summed E-state index contributed by atoms with van der Waals surface area (Å²) >= 11 is 5.98. The molecule has 4 nitrogen and oxygen atoms in total. The fourth-order valence-corrected chi connectivity index (χ4v) is 2.15. The van der Waals surface area contributed by atoms with Crippen LogP contribution in [0.2, 0.25) is 5.15 Å². The Kier molecular flexibility index (Phi) is 3.07. The van der Waals surface area contributed by atoms with Crippen molar-refractivity contribution in [1.29, 1.82) is 0 Å². The third kappa shape index (κ3) is 1.92. The summed E-state index contributed by atoms with van der Waals surface area (Å²) in [6.07, 6.45) is 3.00. The normalized spacial score (nSPS) is 15.1. The van der Waals surface area contributed by atoms with Gasteiger partial charge in [-0.05, 0) is 19.9 Å². The number of aryl methyl sites for hydroxylation is 1. The van der Waals surface area contributed by atoms with E-state index in [2.05, 4.69) is 10.3 Å². The van der Waals surface area contributed by atoms with Gasteiger partial charge in [-0.2, -0.15) is 0 Å². The second-order valence-corrected chi connectivity index (χ2v) is 4.10. The Balaban J connectivity index is 2.54. The third-order valence-corrected chi connectivity index (χ3v) is 2.99. The lowest BCUT2D eigenvalue weighted by atomic mass is 10.1. The van der Waals surface area contributed by atoms with Gasteiger partial charge in [0.15, 0.2) is 0 Å². The average Bonchev–Trinajstić information content (AvgIpc) is 2.24. The van der Waals surface area contributed by atoms with Gasteiger partial charge in [0.2, 0.25) is 0 Å². The van der Waals surface area contributed by atoms with Gasteiger partial charge in [-0.1, -0.05) is 11.6 Å². The molecule has 1 aromatic rings. The van der Waals surface area contributed by atoms with Gasteiger partial charge in [0, 0.05) is 19.5 Å². The van der Waals surface area contributed by atoms with Gasteiger partial charge in [0.1, 0.15) is 11.0 Å². The second kappa shape index (κ2) is 4.33. The molecule has 2 rings (SSSR count). The van der Waals surface area contributed by atoms with Gasteiger partial charge in [-0.15, -0.1) is 0 Å². The first-order valence-corrected chi connectivity index (χ1v) is 5.54. The van der Waals surface area contributed by atoms with Gasteiger partial charge in [0.25, 0.3) is 5.56 Å². The van der Waals surface area contributed by atoms with E-state index in [4.69, 9.17) is 11.6 Å². The number of halogens is 1. The molecule has 0 spiro atoms. The average molecular weight is 228 g/mol. The number of fused-ring (bicyclic) bond motifs is 1. The van der Waals surface area contributed by atoms with Gasteiger partial charge in [0.05, 0.1) is 5.56 Å². The molecule has 1 aromatic heterocycles. The molecule has 0 bridgehead atoms. The van der Waals surface area contributed by atoms with Crippen LogP contribution in [-0.2, 0) is 19.5 Å². The highest BCUT2D eigenvalue weighted by Crippen LogP contribution is 2.15. The van der Waals surface area contributed by atoms with E-state index in [0.717, 1.165) is 31.6 Å². The SMILES string of the molecule is CNCc1c(Cl)nc2n(c1=O)CCCC2. The number of nitrogens with zero attached hydrogens (tertiary/aromatic N) is 2. The maximum absolute atomic E-state index is 12.0. The minimum Gasteiger partial charge on any atom is -0.315 e. The molecule has 0 saturated carbocycles. The van der Waals surface area contributed by atoms with Crippen molar-refractivity contribution in [3.05, 3.63) is 26.9 Å². The summed E-state index contributed by atoms with van der Waals surface area (Å²) in [5, 5.41) is 3.28. The molecule has 2 heterocycles. The van der Waals surface area contributed by atoms with Crippen LogP contribution in [0.3, 0.4) is 0 Å². The molecular formula is C10H14ClN3O. The van der Waals surface area contributed by atoms with Crippen molar-refractivity contribution >= 4 is 11.6 Å². The van der Waals surface area contributed by atoms with E-state index in [1.54, 1.807) is 11.6 Å². The summed E-state index contributed by atoms with van der Waals surface area (Å²) < 4.78 is 1.75. The summed E-state index contributed by atoms with van der Waals surface area (Å²) in [6.45, 7) is 1.25. The van der Waals surface area contributed by atoms with Crippen molar-refractivity contribution < 1.29 is 0 Å². The fourth-order valence-electron chi connectivity index (χ4n) is 1.91. The number of nitrogens with one attached hydrogen (secondary N) is 1. The zero-order valence-corrected chi connectivity index (χ0v) is 9.47. The second-order valence-electron chi connectivity index (χ2n) is 3.74. The van der Waals surface area contributed by atoms with Crippen LogP contribution in [-0.4, -0.2) is 16.6 Å². The van der Waals surface area contributed by atoms with Gasteiger partial charge >= 0.3 is 0 Å². The van der Waals surface area contributed by atoms with Crippen LogP contribution < -0.4 is 10.9 Å². The smallest absolute Gasteiger partial charge is 0.259 e. The van der Waals surface area contributed by atoms with Crippen LogP contribution in [0, 0.1) is 0 Å². The Morgan fingerprint density at radius 2 is 2.33 bits per heavy atom. The van der Waals surface area contributed by atoms with Crippen molar-refractivity contribution in [3.8, 4) is 0 Å². The van der Waals surface area contributed by atoms with E-state index < -0.39 is 0 Å². The Bertz CT molecular complexity index is 427. The van der Waals surface area contributed by atoms with Crippen molar-refractivity contribution in [2.24, 2.45) is 0 Å². The molecule has 0 saturated heterocycles. The van der Waals surface area contributed by atoms with E-state index in [1.807, 2.05) is 0 Å². The number of aromatic nitrogens is 2. The van der Waals surface area contributed by atoms with E-state index in [0.29, 0.717) is 17.3 Å². The minimum absolute atomic E-state index is 0.0130. The summed E-state index contributed by atoms with van der Waals surface area (Å²) in [4.78, 5) is 16.3. The first-order valence-electron chi connectivity index (χ1n) is 5.16. The van der Waals surface area contributed by atoms with Crippen LogP contribution in [0.5, 0.6) is 0 Å². The zero-order valence-electron chi connectivity index (χ0n) is 8.72. The van der Waals surface area contributed by atoms with Crippen LogP contribution in [0.1, 0.15) is 24.2 Å². The van der Waals surface area contributed by atoms with E-state index in [-0.39, 0.29) is 5.56 Å². The summed E-state index contributed by atoms with van der Waals surface area (Å²) in [5.74, 6) is 0.830. The molecule has 5 heteroatoms. The highest BCUT2D eigenvalue weighted by molar-refractivity contribution is 6.30. The maximum atomic E-state index is 12.0.